The van der Waals surface area contributed by atoms with E-state index in [4.69, 9.17) is 4.74 Å². The van der Waals surface area contributed by atoms with Crippen molar-refractivity contribution in [2.24, 2.45) is 0 Å². The van der Waals surface area contributed by atoms with Crippen LogP contribution in [0.3, 0.4) is 0 Å². The van der Waals surface area contributed by atoms with Crippen LogP contribution in [0.2, 0.25) is 0 Å². The normalized spacial score (nSPS) is 11.8. The number of likely N-dealkylation sites (N-methyl/N-ethyl adjacent to an activating group) is 1. The molecule has 88 valence electrons. The first kappa shape index (κ1) is 12.9. The smallest absolute Gasteiger partial charge is 0.0718 e. The van der Waals surface area contributed by atoms with Gasteiger partial charge < -0.3 is 10.1 Å². The van der Waals surface area contributed by atoms with Gasteiger partial charge in [0.1, 0.15) is 0 Å². The lowest BCUT2D eigenvalue weighted by atomic mass is 10.0. The Kier molecular flexibility index (Phi) is 5.83. The minimum atomic E-state index is 0.670. The zero-order chi connectivity index (χ0) is 11.8. The Balaban J connectivity index is 2.92. The molecular weight excluding hydrogens is 198 g/mol. The van der Waals surface area contributed by atoms with Crippen LogP contribution in [0.4, 0.5) is 0 Å². The third-order valence-corrected chi connectivity index (χ3v) is 2.57. The first-order chi connectivity index (χ1) is 7.81. The predicted molar refractivity (Wildman–Crippen MR) is 69.3 cm³/mol. The summed E-state index contributed by atoms with van der Waals surface area (Å²) in [4.78, 5) is 0. The molecule has 2 nitrogen and oxygen atoms in total. The number of nitrogens with one attached hydrogen (secondary N) is 1. The lowest BCUT2D eigenvalue weighted by Crippen LogP contribution is -2.10. The molecule has 0 radical (unpaired) electrons. The zero-order valence-corrected chi connectivity index (χ0v) is 10.4. The van der Waals surface area contributed by atoms with Gasteiger partial charge in [-0.1, -0.05) is 42.8 Å². The van der Waals surface area contributed by atoms with Crippen molar-refractivity contribution in [1.82, 2.24) is 5.32 Å². The minimum Gasteiger partial charge on any atom is -0.380 e. The molecule has 0 unspecified atom stereocenters. The van der Waals surface area contributed by atoms with Crippen LogP contribution >= 0.6 is 0 Å². The maximum atomic E-state index is 5.20. The predicted octanol–water partition coefficient (Wildman–Crippen LogP) is 2.85. The van der Waals surface area contributed by atoms with E-state index in [1.165, 1.54) is 16.7 Å². The first-order valence-corrected chi connectivity index (χ1v) is 5.72. The van der Waals surface area contributed by atoms with Crippen molar-refractivity contribution in [3.05, 3.63) is 41.0 Å². The molecule has 0 saturated carbocycles. The van der Waals surface area contributed by atoms with Crippen LogP contribution in [0.25, 0.3) is 6.08 Å². The van der Waals surface area contributed by atoms with Crippen molar-refractivity contribution in [2.45, 2.75) is 20.0 Å². The molecule has 0 amide bonds. The average Bonchev–Trinajstić information content (AvgIpc) is 2.31. The van der Waals surface area contributed by atoms with Gasteiger partial charge >= 0.3 is 0 Å². The highest BCUT2D eigenvalue weighted by Crippen LogP contribution is 2.15. The van der Waals surface area contributed by atoms with E-state index >= 15 is 0 Å². The molecule has 0 fully saturated rings. The van der Waals surface area contributed by atoms with Gasteiger partial charge in [-0.2, -0.15) is 0 Å². The van der Waals surface area contributed by atoms with E-state index in [0.29, 0.717) is 6.61 Å². The molecular formula is C14H21NO. The summed E-state index contributed by atoms with van der Waals surface area (Å²) in [5.41, 5.74) is 3.91. The summed E-state index contributed by atoms with van der Waals surface area (Å²) < 4.78 is 5.20. The quantitative estimate of drug-likeness (QED) is 0.794. The Labute approximate surface area is 98.3 Å². The lowest BCUT2D eigenvalue weighted by Gasteiger charge is -2.08. The van der Waals surface area contributed by atoms with Gasteiger partial charge in [-0.3, -0.25) is 0 Å². The molecule has 0 spiro atoms. The highest BCUT2D eigenvalue weighted by atomic mass is 16.5. The molecule has 0 aliphatic heterocycles. The monoisotopic (exact) mass is 219 g/mol. The molecule has 16 heavy (non-hydrogen) atoms. The van der Waals surface area contributed by atoms with Crippen molar-refractivity contribution in [3.8, 4) is 0 Å². The van der Waals surface area contributed by atoms with Crippen LogP contribution in [0.1, 0.15) is 24.5 Å². The van der Waals surface area contributed by atoms with Crippen LogP contribution in [-0.4, -0.2) is 20.7 Å². The van der Waals surface area contributed by atoms with Crippen molar-refractivity contribution >= 4 is 6.08 Å². The second-order valence-electron chi connectivity index (χ2n) is 3.82. The standard InChI is InChI=1S/C14H21NO/c1-4-12(10-15-2)9-13-7-5-6-8-14(13)11-16-3/h5-9,15H,4,10-11H2,1-3H3. The summed E-state index contributed by atoms with van der Waals surface area (Å²) >= 11 is 0. The van der Waals surface area contributed by atoms with Gasteiger partial charge in [0.05, 0.1) is 6.61 Å². The van der Waals surface area contributed by atoms with Gasteiger partial charge in [-0.05, 0) is 24.6 Å². The third kappa shape index (κ3) is 3.80. The second-order valence-corrected chi connectivity index (χ2v) is 3.82. The molecule has 0 atom stereocenters. The molecule has 0 aliphatic carbocycles. The number of hydrogen-bond acceptors (Lipinski definition) is 2. The Morgan fingerprint density at radius 2 is 2.12 bits per heavy atom. The Hall–Kier alpha value is -1.12. The molecule has 1 N–H and O–H groups in total. The number of methoxy groups -OCH3 is 1. The molecule has 0 bridgehead atoms. The molecule has 1 aromatic rings. The highest BCUT2D eigenvalue weighted by Gasteiger charge is 2.00. The van der Waals surface area contributed by atoms with Gasteiger partial charge in [0.25, 0.3) is 0 Å². The van der Waals surface area contributed by atoms with Crippen molar-refractivity contribution in [2.75, 3.05) is 20.7 Å². The maximum absolute atomic E-state index is 5.20. The summed E-state index contributed by atoms with van der Waals surface area (Å²) in [5.74, 6) is 0. The fourth-order valence-corrected chi connectivity index (χ4v) is 1.69. The van der Waals surface area contributed by atoms with Crippen LogP contribution in [0.5, 0.6) is 0 Å². The van der Waals surface area contributed by atoms with Gasteiger partial charge in [0.15, 0.2) is 0 Å². The number of benzene rings is 1. The van der Waals surface area contributed by atoms with Crippen molar-refractivity contribution in [3.63, 3.8) is 0 Å². The number of hydrogen-bond donors (Lipinski definition) is 1. The molecule has 1 aromatic carbocycles. The molecule has 0 aromatic heterocycles. The van der Waals surface area contributed by atoms with Crippen LogP contribution in [0.15, 0.2) is 29.8 Å². The maximum Gasteiger partial charge on any atom is 0.0718 e. The first-order valence-electron chi connectivity index (χ1n) is 5.72. The van der Waals surface area contributed by atoms with E-state index in [2.05, 4.69) is 42.6 Å². The van der Waals surface area contributed by atoms with E-state index < -0.39 is 0 Å². The molecule has 2 heteroatoms. The molecule has 0 saturated heterocycles. The minimum absolute atomic E-state index is 0.670. The van der Waals surface area contributed by atoms with Gasteiger partial charge in [-0.25, -0.2) is 0 Å². The fraction of sp³-hybridized carbons (Fsp3) is 0.429. The van der Waals surface area contributed by atoms with E-state index in [1.807, 2.05) is 7.05 Å². The summed E-state index contributed by atoms with van der Waals surface area (Å²) in [6.45, 7) is 3.79. The number of ether oxygens (including phenoxy) is 1. The van der Waals surface area contributed by atoms with Crippen LogP contribution < -0.4 is 5.32 Å². The Bertz CT molecular complexity index is 344. The summed E-state index contributed by atoms with van der Waals surface area (Å²) in [5, 5.41) is 3.19. The Morgan fingerprint density at radius 3 is 2.75 bits per heavy atom. The largest absolute Gasteiger partial charge is 0.380 e. The van der Waals surface area contributed by atoms with Gasteiger partial charge in [0.2, 0.25) is 0 Å². The summed E-state index contributed by atoms with van der Waals surface area (Å²) in [7, 11) is 3.71. The van der Waals surface area contributed by atoms with Crippen molar-refractivity contribution in [1.29, 1.82) is 0 Å². The van der Waals surface area contributed by atoms with E-state index in [1.54, 1.807) is 7.11 Å². The third-order valence-electron chi connectivity index (χ3n) is 2.57. The Morgan fingerprint density at radius 1 is 1.38 bits per heavy atom. The second kappa shape index (κ2) is 7.20. The lowest BCUT2D eigenvalue weighted by molar-refractivity contribution is 0.184. The van der Waals surface area contributed by atoms with Crippen LogP contribution in [0, 0.1) is 0 Å². The van der Waals surface area contributed by atoms with Crippen molar-refractivity contribution < 1.29 is 4.74 Å². The summed E-state index contributed by atoms with van der Waals surface area (Å²) in [6.07, 6.45) is 3.33. The van der Waals surface area contributed by atoms with Gasteiger partial charge in [-0.15, -0.1) is 0 Å². The SMILES string of the molecule is CCC(=Cc1ccccc1COC)CNC. The molecule has 0 heterocycles. The molecule has 1 rings (SSSR count). The van der Waals surface area contributed by atoms with E-state index in [0.717, 1.165) is 13.0 Å². The molecule has 0 aliphatic rings. The van der Waals surface area contributed by atoms with Crippen LogP contribution in [-0.2, 0) is 11.3 Å². The van der Waals surface area contributed by atoms with Gasteiger partial charge in [0, 0.05) is 13.7 Å². The highest BCUT2D eigenvalue weighted by molar-refractivity contribution is 5.56. The fourth-order valence-electron chi connectivity index (χ4n) is 1.69. The van der Waals surface area contributed by atoms with E-state index in [-0.39, 0.29) is 0 Å². The topological polar surface area (TPSA) is 21.3 Å². The average molecular weight is 219 g/mol. The number of rotatable bonds is 6. The zero-order valence-electron chi connectivity index (χ0n) is 10.4. The summed E-state index contributed by atoms with van der Waals surface area (Å²) in [6, 6.07) is 8.37. The van der Waals surface area contributed by atoms with E-state index in [9.17, 15) is 0 Å².